The fraction of sp³-hybridized carbons (Fsp3) is 0.0667. The summed E-state index contributed by atoms with van der Waals surface area (Å²) in [5.74, 6) is -0.213. The van der Waals surface area contributed by atoms with Crippen molar-refractivity contribution in [3.05, 3.63) is 53.5 Å². The number of carbonyl (C=O) groups is 1. The average Bonchev–Trinajstić information content (AvgIpc) is 2.93. The first-order valence-electron chi connectivity index (χ1n) is 5.70. The van der Waals surface area contributed by atoms with Gasteiger partial charge in [-0.3, -0.25) is 0 Å². The average molecular weight is 271 g/mol. The van der Waals surface area contributed by atoms with Crippen LogP contribution < -0.4 is 0 Å². The highest BCUT2D eigenvalue weighted by atomic mass is 19.1. The molecule has 4 nitrogen and oxygen atoms in total. The van der Waals surface area contributed by atoms with Crippen LogP contribution in [0.1, 0.15) is 5.76 Å². The zero-order chi connectivity index (χ0) is 14.5. The van der Waals surface area contributed by atoms with E-state index in [4.69, 9.17) is 9.68 Å². The molecule has 0 atom stereocenters. The van der Waals surface area contributed by atoms with E-state index in [0.29, 0.717) is 17.1 Å². The van der Waals surface area contributed by atoms with Crippen molar-refractivity contribution in [2.45, 2.75) is 0 Å². The van der Waals surface area contributed by atoms with Crippen molar-refractivity contribution in [1.29, 1.82) is 5.26 Å². The molecular weight excluding hydrogens is 261 g/mol. The molecule has 0 bridgehead atoms. The highest BCUT2D eigenvalue weighted by molar-refractivity contribution is 5.97. The Morgan fingerprint density at radius 2 is 2.00 bits per heavy atom. The van der Waals surface area contributed by atoms with Gasteiger partial charge in [0.2, 0.25) is 0 Å². The lowest BCUT2D eigenvalue weighted by atomic mass is 10.2. The van der Waals surface area contributed by atoms with Crippen molar-refractivity contribution in [3.63, 3.8) is 0 Å². The van der Waals surface area contributed by atoms with Crippen molar-refractivity contribution >= 4 is 12.0 Å². The van der Waals surface area contributed by atoms with Crippen LogP contribution in [-0.4, -0.2) is 13.1 Å². The second-order valence-corrected chi connectivity index (χ2v) is 3.87. The number of ether oxygens (including phenoxy) is 1. The molecule has 0 spiro atoms. The number of furan rings is 1. The molecule has 0 N–H and O–H groups in total. The Balaban J connectivity index is 2.29. The Morgan fingerprint density at radius 1 is 1.30 bits per heavy atom. The largest absolute Gasteiger partial charge is 0.465 e. The van der Waals surface area contributed by atoms with E-state index in [0.717, 1.165) is 0 Å². The third-order valence-electron chi connectivity index (χ3n) is 2.57. The van der Waals surface area contributed by atoms with Gasteiger partial charge in [0, 0.05) is 11.6 Å². The fourth-order valence-corrected chi connectivity index (χ4v) is 1.59. The van der Waals surface area contributed by atoms with Gasteiger partial charge in [-0.2, -0.15) is 5.26 Å². The topological polar surface area (TPSA) is 63.2 Å². The molecule has 5 heteroatoms. The quantitative estimate of drug-likeness (QED) is 0.488. The van der Waals surface area contributed by atoms with E-state index in [1.54, 1.807) is 30.3 Å². The molecule has 0 aliphatic rings. The van der Waals surface area contributed by atoms with E-state index in [9.17, 15) is 9.18 Å². The molecule has 0 fully saturated rings. The summed E-state index contributed by atoms with van der Waals surface area (Å²) in [6, 6.07) is 10.8. The van der Waals surface area contributed by atoms with Crippen LogP contribution in [0.15, 0.2) is 46.4 Å². The van der Waals surface area contributed by atoms with Gasteiger partial charge >= 0.3 is 5.97 Å². The van der Waals surface area contributed by atoms with E-state index in [-0.39, 0.29) is 11.4 Å². The second kappa shape index (κ2) is 5.85. The van der Waals surface area contributed by atoms with E-state index >= 15 is 0 Å². The molecule has 0 amide bonds. The minimum atomic E-state index is -0.729. The molecule has 0 saturated carbocycles. The number of benzene rings is 1. The van der Waals surface area contributed by atoms with E-state index in [1.807, 2.05) is 0 Å². The van der Waals surface area contributed by atoms with Crippen LogP contribution in [0.5, 0.6) is 0 Å². The molecule has 100 valence electrons. The van der Waals surface area contributed by atoms with Crippen molar-refractivity contribution in [2.75, 3.05) is 7.11 Å². The van der Waals surface area contributed by atoms with Gasteiger partial charge in [-0.05, 0) is 36.4 Å². The van der Waals surface area contributed by atoms with Crippen LogP contribution in [0.3, 0.4) is 0 Å². The molecule has 1 aromatic carbocycles. The van der Waals surface area contributed by atoms with Crippen LogP contribution in [0, 0.1) is 17.1 Å². The second-order valence-electron chi connectivity index (χ2n) is 3.87. The summed E-state index contributed by atoms with van der Waals surface area (Å²) < 4.78 is 22.8. The van der Waals surface area contributed by atoms with Crippen LogP contribution in [0.4, 0.5) is 4.39 Å². The fourth-order valence-electron chi connectivity index (χ4n) is 1.59. The summed E-state index contributed by atoms with van der Waals surface area (Å²) in [4.78, 5) is 11.3. The van der Waals surface area contributed by atoms with Crippen LogP contribution in [0.2, 0.25) is 0 Å². The molecule has 20 heavy (non-hydrogen) atoms. The van der Waals surface area contributed by atoms with Gasteiger partial charge in [0.25, 0.3) is 0 Å². The number of halogens is 1. The van der Waals surface area contributed by atoms with Crippen molar-refractivity contribution in [1.82, 2.24) is 0 Å². The summed E-state index contributed by atoms with van der Waals surface area (Å²) >= 11 is 0. The van der Waals surface area contributed by atoms with Crippen molar-refractivity contribution < 1.29 is 18.3 Å². The minimum Gasteiger partial charge on any atom is -0.465 e. The summed E-state index contributed by atoms with van der Waals surface area (Å²) in [7, 11) is 1.19. The first-order valence-corrected chi connectivity index (χ1v) is 5.70. The number of esters is 1. The minimum absolute atomic E-state index is 0.160. The van der Waals surface area contributed by atoms with Gasteiger partial charge < -0.3 is 9.15 Å². The maximum absolute atomic E-state index is 12.8. The highest BCUT2D eigenvalue weighted by Crippen LogP contribution is 2.23. The number of methoxy groups -OCH3 is 1. The highest BCUT2D eigenvalue weighted by Gasteiger charge is 2.10. The number of hydrogen-bond donors (Lipinski definition) is 0. The standard InChI is InChI=1S/C15H10FNO3/c1-19-15(18)11(9-17)8-13-6-7-14(20-13)10-2-4-12(16)5-3-10/h2-8H,1H3. The van der Waals surface area contributed by atoms with Gasteiger partial charge in [-0.1, -0.05) is 0 Å². The Kier molecular flexibility index (Phi) is 3.96. The summed E-state index contributed by atoms with van der Waals surface area (Å²) in [6.45, 7) is 0. The van der Waals surface area contributed by atoms with Crippen LogP contribution in [0.25, 0.3) is 17.4 Å². The molecule has 1 heterocycles. The molecule has 0 unspecified atom stereocenters. The Bertz CT molecular complexity index is 693. The third-order valence-corrected chi connectivity index (χ3v) is 2.57. The van der Waals surface area contributed by atoms with Crippen molar-refractivity contribution in [2.24, 2.45) is 0 Å². The monoisotopic (exact) mass is 271 g/mol. The first-order chi connectivity index (χ1) is 9.63. The zero-order valence-corrected chi connectivity index (χ0v) is 10.6. The predicted molar refractivity (Wildman–Crippen MR) is 69.7 cm³/mol. The number of carbonyl (C=O) groups excluding carboxylic acids is 1. The Hall–Kier alpha value is -2.87. The number of rotatable bonds is 3. The van der Waals surface area contributed by atoms with E-state index < -0.39 is 5.97 Å². The molecule has 2 aromatic rings. The molecule has 1 aromatic heterocycles. The van der Waals surface area contributed by atoms with Gasteiger partial charge in [0.05, 0.1) is 7.11 Å². The lowest BCUT2D eigenvalue weighted by molar-refractivity contribution is -0.135. The van der Waals surface area contributed by atoms with Gasteiger partial charge in [-0.25, -0.2) is 9.18 Å². The first kappa shape index (κ1) is 13.6. The van der Waals surface area contributed by atoms with E-state index in [1.165, 1.54) is 25.3 Å². The smallest absolute Gasteiger partial charge is 0.348 e. The van der Waals surface area contributed by atoms with Gasteiger partial charge in [0.1, 0.15) is 29.0 Å². The number of nitrogens with zero attached hydrogens (tertiary/aromatic N) is 1. The summed E-state index contributed by atoms with van der Waals surface area (Å²) in [5.41, 5.74) is 0.537. The molecule has 0 saturated heterocycles. The number of hydrogen-bond acceptors (Lipinski definition) is 4. The van der Waals surface area contributed by atoms with Crippen LogP contribution in [-0.2, 0) is 9.53 Å². The summed E-state index contributed by atoms with van der Waals surface area (Å²) in [5, 5.41) is 8.84. The lowest BCUT2D eigenvalue weighted by Gasteiger charge is -1.96. The van der Waals surface area contributed by atoms with E-state index in [2.05, 4.69) is 4.74 Å². The zero-order valence-electron chi connectivity index (χ0n) is 10.6. The maximum atomic E-state index is 12.8. The number of nitriles is 1. The molecule has 0 radical (unpaired) electrons. The lowest BCUT2D eigenvalue weighted by Crippen LogP contribution is -2.02. The normalized spacial score (nSPS) is 10.9. The Labute approximate surface area is 114 Å². The SMILES string of the molecule is COC(=O)C(C#N)=Cc1ccc(-c2ccc(F)cc2)o1. The van der Waals surface area contributed by atoms with Gasteiger partial charge in [-0.15, -0.1) is 0 Å². The third kappa shape index (κ3) is 2.93. The van der Waals surface area contributed by atoms with Crippen molar-refractivity contribution in [3.8, 4) is 17.4 Å². The molecule has 0 aliphatic heterocycles. The molecule has 2 rings (SSSR count). The molecular formula is C15H10FNO3. The van der Waals surface area contributed by atoms with Gasteiger partial charge in [0.15, 0.2) is 0 Å². The van der Waals surface area contributed by atoms with Crippen LogP contribution >= 0.6 is 0 Å². The Morgan fingerprint density at radius 3 is 2.60 bits per heavy atom. The predicted octanol–water partition coefficient (Wildman–Crippen LogP) is 3.17. The summed E-state index contributed by atoms with van der Waals surface area (Å²) in [6.07, 6.45) is 1.29. The maximum Gasteiger partial charge on any atom is 0.348 e. The molecule has 0 aliphatic carbocycles.